The molecule has 2 rings (SSSR count). The summed E-state index contributed by atoms with van der Waals surface area (Å²) in [5.41, 5.74) is 0.967. The number of hydrogen-bond acceptors (Lipinski definition) is 2. The molecule has 94 valence electrons. The highest BCUT2D eigenvalue weighted by atomic mass is 35.5. The number of nitrogens with zero attached hydrogens (tertiary/aromatic N) is 2. The van der Waals surface area contributed by atoms with Crippen LogP contribution in [0.4, 0.5) is 0 Å². The molecular formula is C13H12Cl2N2O. The Morgan fingerprint density at radius 2 is 2.22 bits per heavy atom. The maximum atomic E-state index is 11.6. The molecule has 3 nitrogen and oxygen atoms in total. The number of hydrogen-bond donors (Lipinski definition) is 0. The lowest BCUT2D eigenvalue weighted by Gasteiger charge is -2.16. The van der Waals surface area contributed by atoms with Gasteiger partial charge in [0.1, 0.15) is 0 Å². The van der Waals surface area contributed by atoms with Crippen LogP contribution in [-0.2, 0) is 11.2 Å². The summed E-state index contributed by atoms with van der Waals surface area (Å²) < 4.78 is 0. The molecule has 1 aliphatic rings. The number of benzene rings is 1. The Morgan fingerprint density at radius 1 is 1.44 bits per heavy atom. The van der Waals surface area contributed by atoms with E-state index < -0.39 is 0 Å². The fourth-order valence-corrected chi connectivity index (χ4v) is 2.56. The van der Waals surface area contributed by atoms with E-state index in [9.17, 15) is 4.79 Å². The lowest BCUT2D eigenvalue weighted by molar-refractivity contribution is -0.127. The second kappa shape index (κ2) is 5.60. The minimum absolute atomic E-state index is 0.0478. The fraction of sp³-hybridized carbons (Fsp3) is 0.385. The van der Waals surface area contributed by atoms with Crippen LogP contribution in [0.25, 0.3) is 0 Å². The number of carbonyl (C=O) groups is 1. The van der Waals surface area contributed by atoms with Crippen LogP contribution in [0.15, 0.2) is 18.2 Å². The van der Waals surface area contributed by atoms with Crippen molar-refractivity contribution in [1.29, 1.82) is 5.26 Å². The molecule has 1 saturated heterocycles. The predicted octanol–water partition coefficient (Wildman–Crippen LogP) is 2.91. The number of amides is 1. The van der Waals surface area contributed by atoms with Crippen LogP contribution in [-0.4, -0.2) is 23.9 Å². The maximum absolute atomic E-state index is 11.6. The van der Waals surface area contributed by atoms with E-state index in [0.29, 0.717) is 36.0 Å². The Balaban J connectivity index is 1.96. The number of rotatable bonds is 3. The summed E-state index contributed by atoms with van der Waals surface area (Å²) >= 11 is 11.9. The van der Waals surface area contributed by atoms with Crippen molar-refractivity contribution in [3.63, 3.8) is 0 Å². The van der Waals surface area contributed by atoms with Crippen molar-refractivity contribution in [2.75, 3.05) is 13.1 Å². The first-order chi connectivity index (χ1) is 8.60. The summed E-state index contributed by atoms with van der Waals surface area (Å²) in [5.74, 6) is -0.121. The summed E-state index contributed by atoms with van der Waals surface area (Å²) in [7, 11) is 0. The van der Waals surface area contributed by atoms with Gasteiger partial charge in [-0.1, -0.05) is 29.3 Å². The van der Waals surface area contributed by atoms with Crippen molar-refractivity contribution in [1.82, 2.24) is 4.90 Å². The van der Waals surface area contributed by atoms with E-state index in [0.717, 1.165) is 5.56 Å². The van der Waals surface area contributed by atoms with Crippen molar-refractivity contribution in [2.24, 2.45) is 5.92 Å². The second-order valence-corrected chi connectivity index (χ2v) is 5.20. The third-order valence-electron chi connectivity index (χ3n) is 3.06. The van der Waals surface area contributed by atoms with E-state index >= 15 is 0 Å². The minimum Gasteiger partial charge on any atom is -0.341 e. The molecule has 0 bridgehead atoms. The van der Waals surface area contributed by atoms with Crippen molar-refractivity contribution in [3.05, 3.63) is 33.8 Å². The molecule has 1 atom stereocenters. The van der Waals surface area contributed by atoms with Crippen LogP contribution in [0.1, 0.15) is 12.0 Å². The monoisotopic (exact) mass is 282 g/mol. The maximum Gasteiger partial charge on any atom is 0.224 e. The van der Waals surface area contributed by atoms with Crippen molar-refractivity contribution in [3.8, 4) is 6.07 Å². The molecule has 0 radical (unpaired) electrons. The van der Waals surface area contributed by atoms with E-state index in [2.05, 4.69) is 6.07 Å². The first kappa shape index (κ1) is 13.2. The zero-order valence-electron chi connectivity index (χ0n) is 9.70. The van der Waals surface area contributed by atoms with Crippen LogP contribution >= 0.6 is 23.2 Å². The van der Waals surface area contributed by atoms with Gasteiger partial charge in [-0.05, 0) is 24.1 Å². The first-order valence-corrected chi connectivity index (χ1v) is 6.47. The fourth-order valence-electron chi connectivity index (χ4n) is 2.05. The van der Waals surface area contributed by atoms with E-state index in [-0.39, 0.29) is 11.8 Å². The van der Waals surface area contributed by atoms with Crippen LogP contribution in [0.5, 0.6) is 0 Å². The average molecular weight is 283 g/mol. The zero-order chi connectivity index (χ0) is 13.1. The van der Waals surface area contributed by atoms with Gasteiger partial charge in [-0.25, -0.2) is 0 Å². The molecule has 1 fully saturated rings. The Hall–Kier alpha value is -1.24. The number of nitriles is 1. The Bertz CT molecular complexity index is 510. The highest BCUT2D eigenvalue weighted by molar-refractivity contribution is 6.35. The summed E-state index contributed by atoms with van der Waals surface area (Å²) in [6.07, 6.45) is 1.02. The largest absolute Gasteiger partial charge is 0.341 e. The van der Waals surface area contributed by atoms with Crippen molar-refractivity contribution >= 4 is 29.1 Å². The van der Waals surface area contributed by atoms with Gasteiger partial charge in [0.25, 0.3) is 0 Å². The van der Waals surface area contributed by atoms with Crippen LogP contribution in [0.2, 0.25) is 10.0 Å². The van der Waals surface area contributed by atoms with Crippen molar-refractivity contribution < 1.29 is 4.79 Å². The average Bonchev–Trinajstić information content (AvgIpc) is 2.69. The standard InChI is InChI=1S/C13H12Cl2N2O/c14-11-2-1-10(12(15)6-11)3-4-17-8-9(7-16)5-13(17)18/h1-2,6,9H,3-5,8H2. The molecule has 18 heavy (non-hydrogen) atoms. The summed E-state index contributed by atoms with van der Waals surface area (Å²) in [6, 6.07) is 7.48. The third-order valence-corrected chi connectivity index (χ3v) is 3.65. The normalized spacial score (nSPS) is 19.1. The van der Waals surface area contributed by atoms with Gasteiger partial charge in [-0.3, -0.25) is 4.79 Å². The van der Waals surface area contributed by atoms with Gasteiger partial charge in [0.2, 0.25) is 5.91 Å². The molecular weight excluding hydrogens is 271 g/mol. The van der Waals surface area contributed by atoms with E-state index in [4.69, 9.17) is 28.5 Å². The quantitative estimate of drug-likeness (QED) is 0.856. The molecule has 1 heterocycles. The molecule has 5 heteroatoms. The molecule has 1 aromatic rings. The van der Waals surface area contributed by atoms with Gasteiger partial charge >= 0.3 is 0 Å². The highest BCUT2D eigenvalue weighted by Gasteiger charge is 2.28. The van der Waals surface area contributed by atoms with Crippen LogP contribution < -0.4 is 0 Å². The van der Waals surface area contributed by atoms with Gasteiger partial charge in [-0.15, -0.1) is 0 Å². The van der Waals surface area contributed by atoms with Gasteiger partial charge in [0.05, 0.1) is 12.0 Å². The smallest absolute Gasteiger partial charge is 0.224 e. The molecule has 1 aromatic carbocycles. The molecule has 0 saturated carbocycles. The summed E-state index contributed by atoms with van der Waals surface area (Å²) in [4.78, 5) is 13.3. The SMILES string of the molecule is N#CC1CC(=O)N(CCc2ccc(Cl)cc2Cl)C1. The van der Waals surface area contributed by atoms with Crippen molar-refractivity contribution in [2.45, 2.75) is 12.8 Å². The Kier molecular flexibility index (Phi) is 4.11. The lowest BCUT2D eigenvalue weighted by atomic mass is 10.1. The number of carbonyl (C=O) groups excluding carboxylic acids is 1. The lowest BCUT2D eigenvalue weighted by Crippen LogP contribution is -2.27. The van der Waals surface area contributed by atoms with E-state index in [1.54, 1.807) is 17.0 Å². The topological polar surface area (TPSA) is 44.1 Å². The molecule has 1 unspecified atom stereocenters. The molecule has 0 N–H and O–H groups in total. The number of likely N-dealkylation sites (tertiary alicyclic amines) is 1. The zero-order valence-corrected chi connectivity index (χ0v) is 11.2. The molecule has 1 aliphatic heterocycles. The van der Waals surface area contributed by atoms with Gasteiger partial charge in [0, 0.05) is 29.6 Å². The van der Waals surface area contributed by atoms with Crippen LogP contribution in [0.3, 0.4) is 0 Å². The van der Waals surface area contributed by atoms with Gasteiger partial charge in [0.15, 0.2) is 0 Å². The van der Waals surface area contributed by atoms with Gasteiger partial charge < -0.3 is 4.90 Å². The third kappa shape index (κ3) is 2.95. The van der Waals surface area contributed by atoms with Gasteiger partial charge in [-0.2, -0.15) is 5.26 Å². The minimum atomic E-state index is -0.168. The van der Waals surface area contributed by atoms with E-state index in [1.165, 1.54) is 0 Å². The molecule has 1 amide bonds. The molecule has 0 aliphatic carbocycles. The summed E-state index contributed by atoms with van der Waals surface area (Å²) in [6.45, 7) is 1.12. The second-order valence-electron chi connectivity index (χ2n) is 4.36. The molecule has 0 aromatic heterocycles. The molecule has 0 spiro atoms. The van der Waals surface area contributed by atoms with E-state index in [1.807, 2.05) is 6.07 Å². The Morgan fingerprint density at radius 3 is 2.83 bits per heavy atom. The highest BCUT2D eigenvalue weighted by Crippen LogP contribution is 2.23. The van der Waals surface area contributed by atoms with Crippen LogP contribution in [0, 0.1) is 17.2 Å². The first-order valence-electron chi connectivity index (χ1n) is 5.71. The Labute approximate surface area is 116 Å². The number of halogens is 2. The summed E-state index contributed by atoms with van der Waals surface area (Å²) in [5, 5.41) is 10.0. The predicted molar refractivity (Wildman–Crippen MR) is 70.5 cm³/mol.